The Kier molecular flexibility index (Phi) is 105. The summed E-state index contributed by atoms with van der Waals surface area (Å²) in [5, 5.41) is 20.8. The maximum Gasteiger partial charge on any atom is 0.472 e. The van der Waals surface area contributed by atoms with Gasteiger partial charge in [0.2, 0.25) is 0 Å². The summed E-state index contributed by atoms with van der Waals surface area (Å²) in [6.07, 6.45) is 141. The highest BCUT2D eigenvalue weighted by Crippen LogP contribution is 2.45. The fourth-order valence-corrected chi connectivity index (χ4v) is 17.6. The number of allylic oxidation sites excluding steroid dienone is 24. The molecule has 782 valence electrons. The number of rotatable bonds is 107. The van der Waals surface area contributed by atoms with Gasteiger partial charge in [-0.1, -0.05) is 494 Å². The zero-order chi connectivity index (χ0) is 97.8. The third-order valence-electron chi connectivity index (χ3n) is 24.5. The Morgan fingerprint density at radius 3 is 0.585 bits per heavy atom. The summed E-state index contributed by atoms with van der Waals surface area (Å²) >= 11 is 0. The third kappa shape index (κ3) is 110. The van der Waals surface area contributed by atoms with Gasteiger partial charge in [0.05, 0.1) is 26.4 Å². The van der Waals surface area contributed by atoms with E-state index in [9.17, 15) is 43.5 Å². The van der Waals surface area contributed by atoms with Gasteiger partial charge in [-0.25, -0.2) is 9.13 Å². The van der Waals surface area contributed by atoms with E-state index in [0.29, 0.717) is 19.3 Å². The Morgan fingerprint density at radius 2 is 0.370 bits per heavy atom. The number of hydrogen-bond donors (Lipinski definition) is 4. The van der Waals surface area contributed by atoms with Crippen LogP contribution in [0.2, 0.25) is 0 Å². The van der Waals surface area contributed by atoms with E-state index in [1.54, 1.807) is 0 Å². The minimum atomic E-state index is -4.95. The number of ether oxygens (including phenoxy) is 3. The van der Waals surface area contributed by atoms with E-state index in [1.807, 2.05) is 0 Å². The molecule has 0 aliphatic rings. The largest absolute Gasteiger partial charge is 0.472 e. The summed E-state index contributed by atoms with van der Waals surface area (Å²) in [6.45, 7) is 2.71. The lowest BCUT2D eigenvalue weighted by atomic mass is 10.0. The molecule has 0 bridgehead atoms. The molecule has 5 unspecified atom stereocenters. The van der Waals surface area contributed by atoms with Crippen LogP contribution in [0.25, 0.3) is 0 Å². The van der Waals surface area contributed by atoms with E-state index in [2.05, 4.69) is 167 Å². The molecule has 0 aromatic heterocycles. The minimum absolute atomic E-state index is 0.105. The fourth-order valence-electron chi connectivity index (χ4n) is 16.0. The number of carbonyl (C=O) groups excluding carboxylic acids is 3. The molecule has 135 heavy (non-hydrogen) atoms. The maximum absolute atomic E-state index is 13.2. The Labute approximate surface area is 829 Å². The predicted octanol–water partition coefficient (Wildman–Crippen LogP) is 36.1. The first-order chi connectivity index (χ1) is 66.2. The molecule has 0 aromatic carbocycles. The Morgan fingerprint density at radius 1 is 0.207 bits per heavy atom. The predicted molar refractivity (Wildman–Crippen MR) is 574 cm³/mol. The van der Waals surface area contributed by atoms with Crippen molar-refractivity contribution in [1.29, 1.82) is 0 Å². The number of aliphatic hydroxyl groups is 2. The van der Waals surface area contributed by atoms with E-state index in [0.717, 1.165) is 122 Å². The zero-order valence-corrected chi connectivity index (χ0v) is 88.9. The second-order valence-electron chi connectivity index (χ2n) is 37.8. The number of esters is 3. The van der Waals surface area contributed by atoms with E-state index < -0.39 is 91.5 Å². The molecule has 5 atom stereocenters. The molecule has 0 heterocycles. The number of hydrogen-bond acceptors (Lipinski definition) is 14. The number of unbranched alkanes of at least 4 members (excludes halogenated alkanes) is 60. The smallest absolute Gasteiger partial charge is 0.463 e. The normalized spacial score (nSPS) is 14.1. The van der Waals surface area contributed by atoms with Gasteiger partial charge < -0.3 is 34.2 Å². The van der Waals surface area contributed by atoms with Gasteiger partial charge in [-0.15, -0.1) is 0 Å². The van der Waals surface area contributed by atoms with Gasteiger partial charge in [0.25, 0.3) is 0 Å². The summed E-state index contributed by atoms with van der Waals surface area (Å²) in [7, 11) is -9.82. The van der Waals surface area contributed by atoms with Gasteiger partial charge >= 0.3 is 33.6 Å². The number of aliphatic hydroxyl groups excluding tert-OH is 2. The van der Waals surface area contributed by atoms with Gasteiger partial charge in [0.15, 0.2) is 6.10 Å². The van der Waals surface area contributed by atoms with Crippen LogP contribution in [0.5, 0.6) is 0 Å². The van der Waals surface area contributed by atoms with Crippen molar-refractivity contribution >= 4 is 33.6 Å². The van der Waals surface area contributed by atoms with Crippen molar-refractivity contribution in [2.75, 3.05) is 39.6 Å². The standard InChI is InChI=1S/C117H208O16P2/c1-4-7-10-13-16-19-22-25-28-31-34-37-40-43-46-49-52-54-55-57-60-61-64-67-70-73-76-79-82-85-88-91-94-97-100-103-115(120)127-106-112(118)107-129-134(123,124)130-108-113(119)109-131-135(125,126)132-111-114(133-117(122)105-102-99-96-93-90-87-84-81-78-75-72-69-66-63-58-51-48-45-42-39-36-33-30-27-24-21-18-15-12-9-6-3)110-128-116(121)104-101-98-95-92-89-86-83-80-77-74-71-68-65-62-59-56-53-50-47-44-41-38-35-32-29-26-23-20-17-14-11-8-5-2/h16-21,25-30,34-39,43-48,112-114,118-119H,4-15,22-24,31-33,40-42,49-111H2,1-3H3,(H,123,124)(H,125,126)/b19-16-,20-17-,21-18-,28-25-,29-26-,30-27-,37-34-,38-35-,39-36-,46-43-,47-44-,48-45-. The number of phosphoric ester groups is 2. The van der Waals surface area contributed by atoms with Gasteiger partial charge in [0.1, 0.15) is 25.4 Å². The lowest BCUT2D eigenvalue weighted by Crippen LogP contribution is -2.30. The van der Waals surface area contributed by atoms with Crippen LogP contribution < -0.4 is 0 Å². The number of phosphoric acid groups is 2. The van der Waals surface area contributed by atoms with Crippen molar-refractivity contribution in [2.45, 2.75) is 540 Å². The monoisotopic (exact) mass is 1930 g/mol. The van der Waals surface area contributed by atoms with Crippen LogP contribution >= 0.6 is 15.6 Å². The van der Waals surface area contributed by atoms with Crippen LogP contribution in [-0.4, -0.2) is 95.9 Å². The molecule has 16 nitrogen and oxygen atoms in total. The highest BCUT2D eigenvalue weighted by molar-refractivity contribution is 7.47. The van der Waals surface area contributed by atoms with Crippen LogP contribution in [0.4, 0.5) is 0 Å². The minimum Gasteiger partial charge on any atom is -0.463 e. The Balaban J connectivity index is 4.57. The first kappa shape index (κ1) is 130. The zero-order valence-electron chi connectivity index (χ0n) is 87.1. The first-order valence-electron chi connectivity index (χ1n) is 56.1. The summed E-state index contributed by atoms with van der Waals surface area (Å²) in [4.78, 5) is 59.4. The first-order valence-corrected chi connectivity index (χ1v) is 59.1. The molecule has 0 amide bonds. The van der Waals surface area contributed by atoms with E-state index in [4.69, 9.17) is 32.3 Å². The molecule has 0 aromatic rings. The molecule has 4 N–H and O–H groups in total. The topological polar surface area (TPSA) is 231 Å². The van der Waals surface area contributed by atoms with Crippen molar-refractivity contribution in [3.8, 4) is 0 Å². The molecule has 0 radical (unpaired) electrons. The quantitative estimate of drug-likeness (QED) is 0.0146. The third-order valence-corrected chi connectivity index (χ3v) is 26.4. The van der Waals surface area contributed by atoms with Crippen molar-refractivity contribution < 1.29 is 75.8 Å². The molecular weight excluding hydrogens is 1720 g/mol. The van der Waals surface area contributed by atoms with Crippen LogP contribution in [0.15, 0.2) is 146 Å². The van der Waals surface area contributed by atoms with E-state index in [-0.39, 0.29) is 19.3 Å². The van der Waals surface area contributed by atoms with Crippen molar-refractivity contribution in [3.63, 3.8) is 0 Å². The molecule has 0 saturated carbocycles. The second-order valence-corrected chi connectivity index (χ2v) is 40.7. The highest BCUT2D eigenvalue weighted by atomic mass is 31.2. The van der Waals surface area contributed by atoms with Gasteiger partial charge in [-0.3, -0.25) is 32.5 Å². The molecule has 0 aliphatic carbocycles. The average molecular weight is 1930 g/mol. The van der Waals surface area contributed by atoms with Crippen LogP contribution in [0.1, 0.15) is 522 Å². The molecule has 0 fully saturated rings. The second kappa shape index (κ2) is 108. The summed E-state index contributed by atoms with van der Waals surface area (Å²) in [5.41, 5.74) is 0. The summed E-state index contributed by atoms with van der Waals surface area (Å²) < 4.78 is 61.9. The molecule has 18 heteroatoms. The summed E-state index contributed by atoms with van der Waals surface area (Å²) in [6, 6.07) is 0. The molecule has 0 rings (SSSR count). The summed E-state index contributed by atoms with van der Waals surface area (Å²) in [5.74, 6) is -1.54. The molecule has 0 spiro atoms. The lowest BCUT2D eigenvalue weighted by molar-refractivity contribution is -0.161. The maximum atomic E-state index is 13.2. The lowest BCUT2D eigenvalue weighted by Gasteiger charge is -2.21. The van der Waals surface area contributed by atoms with Crippen LogP contribution in [-0.2, 0) is 55.8 Å². The SMILES string of the molecule is CCCCC/C=C\C/C=C\C/C=C\C/C=C\CCCCCCCCCCCCCCCCCCCCCC(=O)OCC(O)COP(=O)(O)OCC(O)COP(=O)(O)OCC(COC(=O)CCCCCCCCCCCCCCCCCCC/C=C\C/C=C\C/C=C\C/C=C\CCCCC)OC(=O)CCCCCCCCCCCCCCCCC/C=C\C/C=C\C/C=C\C/C=C\CCCCC. The molecular formula is C117H208O16P2. The van der Waals surface area contributed by atoms with Crippen molar-refractivity contribution in [2.24, 2.45) is 0 Å². The average Bonchev–Trinajstić information content (AvgIpc) is 0.900. The molecule has 0 aliphatic heterocycles. The highest BCUT2D eigenvalue weighted by Gasteiger charge is 2.30. The van der Waals surface area contributed by atoms with Crippen LogP contribution in [0.3, 0.4) is 0 Å². The fraction of sp³-hybridized carbons (Fsp3) is 0.769. The number of carbonyl (C=O) groups is 3. The Hall–Kier alpha value is -4.57. The van der Waals surface area contributed by atoms with E-state index >= 15 is 0 Å². The van der Waals surface area contributed by atoms with Crippen LogP contribution in [0, 0.1) is 0 Å². The molecule has 0 saturated heterocycles. The Bertz CT molecular complexity index is 3030. The van der Waals surface area contributed by atoms with Gasteiger partial charge in [-0.2, -0.15) is 0 Å². The van der Waals surface area contributed by atoms with Crippen molar-refractivity contribution in [1.82, 2.24) is 0 Å². The van der Waals surface area contributed by atoms with Gasteiger partial charge in [-0.05, 0) is 154 Å². The van der Waals surface area contributed by atoms with Gasteiger partial charge in [0, 0.05) is 19.3 Å². The van der Waals surface area contributed by atoms with E-state index in [1.165, 1.54) is 340 Å². The van der Waals surface area contributed by atoms with Crippen molar-refractivity contribution in [3.05, 3.63) is 146 Å².